The fourth-order valence-electron chi connectivity index (χ4n) is 2.88. The smallest absolute Gasteiger partial charge is 0.109 e. The van der Waals surface area contributed by atoms with Crippen molar-refractivity contribution in [1.82, 2.24) is 10.2 Å². The lowest BCUT2D eigenvalue weighted by atomic mass is 10.1. The number of nitrogens with two attached hydrogens (primary N) is 1. The van der Waals surface area contributed by atoms with Gasteiger partial charge >= 0.3 is 0 Å². The van der Waals surface area contributed by atoms with Crippen LogP contribution in [0.3, 0.4) is 0 Å². The van der Waals surface area contributed by atoms with Gasteiger partial charge in [0.25, 0.3) is 0 Å². The van der Waals surface area contributed by atoms with E-state index in [4.69, 9.17) is 11.1 Å². The fraction of sp³-hybridized carbons (Fsp3) is 0.333. The van der Waals surface area contributed by atoms with Crippen LogP contribution in [0.4, 0.5) is 0 Å². The number of benzene rings is 1. The molecule has 0 bridgehead atoms. The lowest BCUT2D eigenvalue weighted by molar-refractivity contribution is 0.340. The molecule has 0 spiro atoms. The maximum absolute atomic E-state index is 6.97. The van der Waals surface area contributed by atoms with Crippen LogP contribution < -0.4 is 11.1 Å². The van der Waals surface area contributed by atoms with Crippen LogP contribution in [0.25, 0.3) is 0 Å². The average Bonchev–Trinajstić information content (AvgIpc) is 3.03. The highest BCUT2D eigenvalue weighted by Crippen LogP contribution is 2.26. The Kier molecular flexibility index (Phi) is 5.97. The van der Waals surface area contributed by atoms with Crippen molar-refractivity contribution in [2.24, 2.45) is 10.7 Å². The number of hydrogen-bond donors (Lipinski definition) is 3. The third kappa shape index (κ3) is 4.71. The molecule has 2 rings (SSSR count). The normalized spacial score (nSPS) is 17.8. The molecule has 0 radical (unpaired) electrons. The molecule has 1 aromatic rings. The van der Waals surface area contributed by atoms with Gasteiger partial charge in [-0.2, -0.15) is 0 Å². The van der Waals surface area contributed by atoms with Crippen molar-refractivity contribution in [1.29, 1.82) is 5.41 Å². The van der Waals surface area contributed by atoms with E-state index in [1.165, 1.54) is 5.56 Å². The number of nitrogens with one attached hydrogen (secondary N) is 2. The molecule has 1 saturated heterocycles. The van der Waals surface area contributed by atoms with Gasteiger partial charge in [-0.3, -0.25) is 5.41 Å². The molecule has 4 N–H and O–H groups in total. The predicted molar refractivity (Wildman–Crippen MR) is 96.3 cm³/mol. The first kappa shape index (κ1) is 16.8. The number of amidine groups is 1. The molecule has 1 aromatic carbocycles. The molecule has 0 saturated carbocycles. The van der Waals surface area contributed by atoms with Gasteiger partial charge in [-0.15, -0.1) is 0 Å². The predicted octanol–water partition coefficient (Wildman–Crippen LogP) is 2.62. The molecule has 1 aliphatic heterocycles. The second-order valence-corrected chi connectivity index (χ2v) is 5.71. The zero-order chi connectivity index (χ0) is 16.7. The molecule has 1 atom stereocenters. The van der Waals surface area contributed by atoms with E-state index in [1.807, 2.05) is 18.2 Å². The number of aliphatic imine (C=N–C) groups is 1. The Hall–Kier alpha value is -2.56. The van der Waals surface area contributed by atoms with Crippen LogP contribution >= 0.6 is 0 Å². The fourth-order valence-corrected chi connectivity index (χ4v) is 2.88. The summed E-state index contributed by atoms with van der Waals surface area (Å²) in [5.74, 6) is 0.415. The lowest BCUT2D eigenvalue weighted by Crippen LogP contribution is -2.35. The van der Waals surface area contributed by atoms with Gasteiger partial charge in [-0.25, -0.2) is 4.99 Å². The molecule has 23 heavy (non-hydrogen) atoms. The quantitative estimate of drug-likeness (QED) is 0.510. The van der Waals surface area contributed by atoms with Gasteiger partial charge in [0.05, 0.1) is 6.04 Å². The maximum atomic E-state index is 6.97. The Morgan fingerprint density at radius 3 is 2.83 bits per heavy atom. The van der Waals surface area contributed by atoms with Crippen molar-refractivity contribution in [3.63, 3.8) is 0 Å². The molecule has 0 amide bonds. The highest BCUT2D eigenvalue weighted by molar-refractivity contribution is 5.88. The first-order valence-corrected chi connectivity index (χ1v) is 7.84. The zero-order valence-corrected chi connectivity index (χ0v) is 13.5. The van der Waals surface area contributed by atoms with E-state index in [2.05, 4.69) is 40.5 Å². The van der Waals surface area contributed by atoms with Gasteiger partial charge in [0.1, 0.15) is 12.2 Å². The van der Waals surface area contributed by atoms with Gasteiger partial charge in [0.2, 0.25) is 0 Å². The minimum Gasteiger partial charge on any atom is -0.387 e. The van der Waals surface area contributed by atoms with E-state index in [0.717, 1.165) is 43.7 Å². The number of hydrogen-bond acceptors (Lipinski definition) is 3. The highest BCUT2D eigenvalue weighted by atomic mass is 15.2. The Bertz CT molecular complexity index is 591. The molecule has 1 unspecified atom stereocenters. The van der Waals surface area contributed by atoms with Crippen molar-refractivity contribution in [2.75, 3.05) is 6.54 Å². The van der Waals surface area contributed by atoms with Crippen molar-refractivity contribution >= 4 is 12.2 Å². The monoisotopic (exact) mass is 311 g/mol. The molecule has 1 fully saturated rings. The molecule has 122 valence electrons. The minimum absolute atomic E-state index is 0.235. The summed E-state index contributed by atoms with van der Waals surface area (Å²) in [6, 6.07) is 10.5. The molecule has 1 aliphatic rings. The Morgan fingerprint density at radius 2 is 2.13 bits per heavy atom. The van der Waals surface area contributed by atoms with Crippen molar-refractivity contribution < 1.29 is 0 Å². The first-order valence-electron chi connectivity index (χ1n) is 7.84. The largest absolute Gasteiger partial charge is 0.387 e. The molecular weight excluding hydrogens is 286 g/mol. The Balaban J connectivity index is 1.92. The van der Waals surface area contributed by atoms with Crippen LogP contribution in [0.1, 0.15) is 24.8 Å². The number of nitrogens with zero attached hydrogens (tertiary/aromatic N) is 2. The van der Waals surface area contributed by atoms with E-state index in [9.17, 15) is 0 Å². The van der Waals surface area contributed by atoms with Gasteiger partial charge in [0.15, 0.2) is 0 Å². The summed E-state index contributed by atoms with van der Waals surface area (Å²) in [4.78, 5) is 6.04. The van der Waals surface area contributed by atoms with E-state index < -0.39 is 0 Å². The van der Waals surface area contributed by atoms with Crippen molar-refractivity contribution in [2.45, 2.75) is 31.8 Å². The summed E-state index contributed by atoms with van der Waals surface area (Å²) in [5.41, 5.74) is 8.96. The highest BCUT2D eigenvalue weighted by Gasteiger charge is 2.27. The summed E-state index contributed by atoms with van der Waals surface area (Å²) in [6.07, 6.45) is 3.61. The molecular formula is C18H25N5. The van der Waals surface area contributed by atoms with Crippen LogP contribution in [0.15, 0.2) is 59.9 Å². The van der Waals surface area contributed by atoms with E-state index >= 15 is 0 Å². The van der Waals surface area contributed by atoms with Gasteiger partial charge in [-0.05, 0) is 18.4 Å². The van der Waals surface area contributed by atoms with E-state index in [0.29, 0.717) is 12.3 Å². The van der Waals surface area contributed by atoms with Crippen LogP contribution in [0, 0.1) is 5.41 Å². The van der Waals surface area contributed by atoms with Crippen LogP contribution in [0.5, 0.6) is 0 Å². The summed E-state index contributed by atoms with van der Waals surface area (Å²) in [7, 11) is 0. The molecule has 0 aromatic heterocycles. The number of likely N-dealkylation sites (tertiary alicyclic amines) is 1. The number of rotatable bonds is 8. The summed E-state index contributed by atoms with van der Waals surface area (Å²) in [6.45, 7) is 10.1. The summed E-state index contributed by atoms with van der Waals surface area (Å²) < 4.78 is 0. The molecule has 0 aliphatic carbocycles. The molecule has 1 heterocycles. The van der Waals surface area contributed by atoms with Gasteiger partial charge < -0.3 is 16.0 Å². The van der Waals surface area contributed by atoms with Gasteiger partial charge in [-0.1, -0.05) is 43.5 Å². The van der Waals surface area contributed by atoms with Gasteiger partial charge in [0, 0.05) is 30.9 Å². The third-order valence-electron chi connectivity index (χ3n) is 4.04. The van der Waals surface area contributed by atoms with Crippen molar-refractivity contribution in [3.05, 3.63) is 60.4 Å². The van der Waals surface area contributed by atoms with Crippen molar-refractivity contribution in [3.8, 4) is 0 Å². The topological polar surface area (TPSA) is 77.5 Å². The summed E-state index contributed by atoms with van der Waals surface area (Å²) in [5, 5.41) is 10.4. The van der Waals surface area contributed by atoms with Crippen LogP contribution in [-0.4, -0.2) is 29.7 Å². The zero-order valence-electron chi connectivity index (χ0n) is 13.5. The summed E-state index contributed by atoms with van der Waals surface area (Å²) >= 11 is 0. The maximum Gasteiger partial charge on any atom is 0.109 e. The standard InChI is InChI=1S/C18H25N5/c1-14(11-18(20)22-13-19)23-10-6-9-17(23)15(2)21-12-16-7-4-3-5-8-16/h3-5,7-8,13,17,21H,1-2,6,9-12H2,(H3,19,20,22). The second kappa shape index (κ2) is 8.17. The Labute approximate surface area is 138 Å². The lowest BCUT2D eigenvalue weighted by Gasteiger charge is -2.30. The molecule has 5 heteroatoms. The minimum atomic E-state index is 0.235. The average molecular weight is 311 g/mol. The SMILES string of the molecule is C=C(NCc1ccccc1)C1CCCN1C(=C)CC(N)=NC=N. The third-order valence-corrected chi connectivity index (χ3v) is 4.04. The molecule has 5 nitrogen and oxygen atoms in total. The Morgan fingerprint density at radius 1 is 1.39 bits per heavy atom. The van der Waals surface area contributed by atoms with E-state index in [-0.39, 0.29) is 6.04 Å². The first-order chi connectivity index (χ1) is 11.1. The van der Waals surface area contributed by atoms with Crippen LogP contribution in [-0.2, 0) is 6.54 Å². The second-order valence-electron chi connectivity index (χ2n) is 5.71. The van der Waals surface area contributed by atoms with E-state index in [1.54, 1.807) is 0 Å². The van der Waals surface area contributed by atoms with Crippen LogP contribution in [0.2, 0.25) is 0 Å².